The Bertz CT molecular complexity index is 372. The van der Waals surface area contributed by atoms with Crippen LogP contribution in [0.2, 0.25) is 0 Å². The summed E-state index contributed by atoms with van der Waals surface area (Å²) in [4.78, 5) is 5.80. The fraction of sp³-hybridized carbons (Fsp3) is 0.786. The molecule has 0 aromatic carbocycles. The molecular formula is C14H24N2S. The molecule has 0 atom stereocenters. The van der Waals surface area contributed by atoms with Gasteiger partial charge in [0.25, 0.3) is 0 Å². The van der Waals surface area contributed by atoms with Crippen molar-refractivity contribution in [2.24, 2.45) is 5.41 Å². The van der Waals surface area contributed by atoms with Crippen LogP contribution in [-0.4, -0.2) is 17.1 Å². The average molecular weight is 252 g/mol. The maximum Gasteiger partial charge on any atom is 0.0797 e. The number of aryl methyl sites for hydroxylation is 2. The first-order valence-electron chi connectivity index (χ1n) is 6.54. The van der Waals surface area contributed by atoms with Gasteiger partial charge in [0, 0.05) is 17.0 Å². The molecular weight excluding hydrogens is 228 g/mol. The normalized spacial score (nSPS) is 18.4. The van der Waals surface area contributed by atoms with Crippen molar-refractivity contribution < 1.29 is 0 Å². The average Bonchev–Trinajstić information content (AvgIpc) is 2.90. The van der Waals surface area contributed by atoms with Crippen molar-refractivity contribution in [3.8, 4) is 0 Å². The van der Waals surface area contributed by atoms with Gasteiger partial charge in [-0.1, -0.05) is 0 Å². The number of rotatable bonds is 5. The summed E-state index contributed by atoms with van der Waals surface area (Å²) in [5, 5.41) is 3.66. The molecule has 0 radical (unpaired) electrons. The summed E-state index contributed by atoms with van der Waals surface area (Å²) in [5.74, 6) is 0. The molecule has 1 aromatic heterocycles. The number of aromatic nitrogens is 1. The zero-order valence-corrected chi connectivity index (χ0v) is 12.3. The molecule has 1 aromatic rings. The van der Waals surface area contributed by atoms with E-state index in [0.29, 0.717) is 5.41 Å². The first-order chi connectivity index (χ1) is 7.90. The van der Waals surface area contributed by atoms with Gasteiger partial charge in [-0.05, 0) is 58.8 Å². The van der Waals surface area contributed by atoms with E-state index < -0.39 is 0 Å². The second kappa shape index (κ2) is 4.69. The van der Waals surface area contributed by atoms with E-state index >= 15 is 0 Å². The van der Waals surface area contributed by atoms with E-state index in [0.717, 1.165) is 0 Å². The molecule has 3 heteroatoms. The molecule has 1 N–H and O–H groups in total. The van der Waals surface area contributed by atoms with E-state index in [9.17, 15) is 0 Å². The standard InChI is InChI=1S/C14H24N2S/c1-11-12(17-10-15-11)5-6-14(7-8-14)9-16-13(2,3)4/h10,16H,5-9H2,1-4H3. The van der Waals surface area contributed by atoms with Crippen LogP contribution < -0.4 is 5.32 Å². The van der Waals surface area contributed by atoms with Crippen LogP contribution in [0.5, 0.6) is 0 Å². The monoisotopic (exact) mass is 252 g/mol. The van der Waals surface area contributed by atoms with E-state index in [4.69, 9.17) is 0 Å². The Morgan fingerprint density at radius 2 is 2.12 bits per heavy atom. The molecule has 0 unspecified atom stereocenters. The van der Waals surface area contributed by atoms with Gasteiger partial charge in [-0.3, -0.25) is 0 Å². The number of hydrogen-bond donors (Lipinski definition) is 1. The summed E-state index contributed by atoms with van der Waals surface area (Å²) in [6.45, 7) is 10.0. The van der Waals surface area contributed by atoms with Crippen molar-refractivity contribution in [2.75, 3.05) is 6.54 Å². The smallest absolute Gasteiger partial charge is 0.0797 e. The van der Waals surface area contributed by atoms with E-state index in [1.165, 1.54) is 42.8 Å². The van der Waals surface area contributed by atoms with Gasteiger partial charge >= 0.3 is 0 Å². The van der Waals surface area contributed by atoms with Crippen LogP contribution >= 0.6 is 11.3 Å². The molecule has 0 spiro atoms. The second-order valence-electron chi connectivity index (χ2n) is 6.46. The van der Waals surface area contributed by atoms with Crippen LogP contribution in [0.25, 0.3) is 0 Å². The molecule has 17 heavy (non-hydrogen) atoms. The van der Waals surface area contributed by atoms with E-state index in [1.54, 1.807) is 0 Å². The van der Waals surface area contributed by atoms with E-state index in [-0.39, 0.29) is 5.54 Å². The van der Waals surface area contributed by atoms with Gasteiger partial charge in [0.05, 0.1) is 11.2 Å². The molecule has 1 saturated carbocycles. The summed E-state index contributed by atoms with van der Waals surface area (Å²) in [6, 6.07) is 0. The van der Waals surface area contributed by atoms with Crippen LogP contribution in [0.4, 0.5) is 0 Å². The van der Waals surface area contributed by atoms with E-state index in [2.05, 4.69) is 38.0 Å². The minimum atomic E-state index is 0.246. The topological polar surface area (TPSA) is 24.9 Å². The molecule has 1 fully saturated rings. The van der Waals surface area contributed by atoms with Crippen molar-refractivity contribution in [2.45, 2.75) is 58.9 Å². The minimum Gasteiger partial charge on any atom is -0.312 e. The first kappa shape index (κ1) is 13.0. The lowest BCUT2D eigenvalue weighted by atomic mass is 9.97. The lowest BCUT2D eigenvalue weighted by Gasteiger charge is -2.25. The van der Waals surface area contributed by atoms with Crippen molar-refractivity contribution in [1.29, 1.82) is 0 Å². The highest BCUT2D eigenvalue weighted by atomic mass is 32.1. The maximum atomic E-state index is 4.33. The van der Waals surface area contributed by atoms with Gasteiger partial charge in [-0.2, -0.15) is 0 Å². The third kappa shape index (κ3) is 3.78. The molecule has 0 saturated heterocycles. The van der Waals surface area contributed by atoms with Crippen molar-refractivity contribution in [1.82, 2.24) is 10.3 Å². The highest BCUT2D eigenvalue weighted by molar-refractivity contribution is 7.09. The number of nitrogens with one attached hydrogen (secondary N) is 1. The second-order valence-corrected chi connectivity index (χ2v) is 7.40. The lowest BCUT2D eigenvalue weighted by Crippen LogP contribution is -2.39. The van der Waals surface area contributed by atoms with Gasteiger partial charge in [0.2, 0.25) is 0 Å². The molecule has 1 aliphatic rings. The van der Waals surface area contributed by atoms with Crippen LogP contribution in [0.15, 0.2) is 5.51 Å². The third-order valence-electron chi connectivity index (χ3n) is 3.68. The maximum absolute atomic E-state index is 4.33. The highest BCUT2D eigenvalue weighted by Crippen LogP contribution is 2.49. The Morgan fingerprint density at radius 3 is 2.59 bits per heavy atom. The summed E-state index contributed by atoms with van der Waals surface area (Å²) in [7, 11) is 0. The molecule has 0 bridgehead atoms. The van der Waals surface area contributed by atoms with Crippen LogP contribution in [-0.2, 0) is 6.42 Å². The first-order valence-corrected chi connectivity index (χ1v) is 7.42. The molecule has 2 rings (SSSR count). The summed E-state index contributed by atoms with van der Waals surface area (Å²) >= 11 is 1.81. The Labute approximate surface area is 109 Å². The zero-order chi connectivity index (χ0) is 12.5. The molecule has 2 nitrogen and oxygen atoms in total. The summed E-state index contributed by atoms with van der Waals surface area (Å²) in [6.07, 6.45) is 5.32. The number of nitrogens with zero attached hydrogens (tertiary/aromatic N) is 1. The van der Waals surface area contributed by atoms with Crippen molar-refractivity contribution in [3.63, 3.8) is 0 Å². The van der Waals surface area contributed by atoms with Crippen molar-refractivity contribution >= 4 is 11.3 Å². The number of thiazole rings is 1. The van der Waals surface area contributed by atoms with Gasteiger partial charge in [0.1, 0.15) is 0 Å². The van der Waals surface area contributed by atoms with Crippen molar-refractivity contribution in [3.05, 3.63) is 16.1 Å². The fourth-order valence-corrected chi connectivity index (χ4v) is 2.87. The molecule has 1 heterocycles. The Balaban J connectivity index is 1.81. The zero-order valence-electron chi connectivity index (χ0n) is 11.5. The highest BCUT2D eigenvalue weighted by Gasteiger charge is 2.42. The fourth-order valence-electron chi connectivity index (χ4n) is 2.09. The number of hydrogen-bond acceptors (Lipinski definition) is 3. The van der Waals surface area contributed by atoms with Gasteiger partial charge < -0.3 is 5.32 Å². The van der Waals surface area contributed by atoms with Crippen LogP contribution in [0.3, 0.4) is 0 Å². The summed E-state index contributed by atoms with van der Waals surface area (Å²) < 4.78 is 0. The molecule has 0 amide bonds. The third-order valence-corrected chi connectivity index (χ3v) is 4.67. The van der Waals surface area contributed by atoms with Crippen LogP contribution in [0, 0.1) is 12.3 Å². The van der Waals surface area contributed by atoms with Gasteiger partial charge in [0.15, 0.2) is 0 Å². The lowest BCUT2D eigenvalue weighted by molar-refractivity contribution is 0.344. The molecule has 96 valence electrons. The largest absolute Gasteiger partial charge is 0.312 e. The predicted octanol–water partition coefficient (Wildman–Crippen LogP) is 3.55. The van der Waals surface area contributed by atoms with Crippen LogP contribution in [0.1, 0.15) is 50.6 Å². The quantitative estimate of drug-likeness (QED) is 0.867. The van der Waals surface area contributed by atoms with E-state index in [1.807, 2.05) is 16.8 Å². The van der Waals surface area contributed by atoms with Gasteiger partial charge in [-0.15, -0.1) is 11.3 Å². The van der Waals surface area contributed by atoms with Gasteiger partial charge in [-0.25, -0.2) is 4.98 Å². The Morgan fingerprint density at radius 1 is 1.41 bits per heavy atom. The predicted molar refractivity (Wildman–Crippen MR) is 74.6 cm³/mol. The Kier molecular flexibility index (Phi) is 3.60. The minimum absolute atomic E-state index is 0.246. The Hall–Kier alpha value is -0.410. The molecule has 1 aliphatic carbocycles. The SMILES string of the molecule is Cc1ncsc1CCC1(CNC(C)(C)C)CC1. The molecule has 0 aliphatic heterocycles. The summed E-state index contributed by atoms with van der Waals surface area (Å²) in [5.41, 5.74) is 4.03.